The fourth-order valence-corrected chi connectivity index (χ4v) is 3.53. The highest BCUT2D eigenvalue weighted by Crippen LogP contribution is 2.32. The Morgan fingerprint density at radius 2 is 1.78 bits per heavy atom. The first-order valence-electron chi connectivity index (χ1n) is 9.15. The van der Waals surface area contributed by atoms with Crippen LogP contribution in [0.3, 0.4) is 0 Å². The molecule has 3 amide bonds. The lowest BCUT2D eigenvalue weighted by atomic mass is 9.92. The Labute approximate surface area is 157 Å². The Kier molecular flexibility index (Phi) is 4.44. The molecule has 1 heterocycles. The maximum atomic E-state index is 13.2. The van der Waals surface area contributed by atoms with Crippen molar-refractivity contribution in [1.82, 2.24) is 15.1 Å². The Hall–Kier alpha value is -2.73. The summed E-state index contributed by atoms with van der Waals surface area (Å²) in [5, 5.41) is 2.84. The second-order valence-corrected chi connectivity index (χ2v) is 7.40. The summed E-state index contributed by atoms with van der Waals surface area (Å²) in [5.74, 6) is -0.520. The van der Waals surface area contributed by atoms with Crippen LogP contribution in [0.15, 0.2) is 54.6 Å². The molecule has 1 aliphatic heterocycles. The molecule has 1 N–H and O–H groups in total. The Bertz CT molecular complexity index is 851. The van der Waals surface area contributed by atoms with Gasteiger partial charge >= 0.3 is 6.03 Å². The first kappa shape index (κ1) is 17.7. The SMILES string of the molecule is C[C@@]1(c2ccccc2)NC(=O)N(CN(Cc2ccc(F)cc2)C2CC2)C1=O. The smallest absolute Gasteiger partial charge is 0.319 e. The predicted octanol–water partition coefficient (Wildman–Crippen LogP) is 3.21. The second-order valence-electron chi connectivity index (χ2n) is 7.40. The normalized spacial score (nSPS) is 22.4. The van der Waals surface area contributed by atoms with Gasteiger partial charge in [0.2, 0.25) is 0 Å². The van der Waals surface area contributed by atoms with E-state index in [4.69, 9.17) is 0 Å². The molecule has 1 atom stereocenters. The highest BCUT2D eigenvalue weighted by atomic mass is 19.1. The first-order valence-corrected chi connectivity index (χ1v) is 9.15. The summed E-state index contributed by atoms with van der Waals surface area (Å²) in [6.45, 7) is 2.54. The Balaban J connectivity index is 1.52. The third kappa shape index (κ3) is 3.45. The van der Waals surface area contributed by atoms with Gasteiger partial charge < -0.3 is 5.32 Å². The summed E-state index contributed by atoms with van der Waals surface area (Å²) in [6, 6.07) is 15.6. The van der Waals surface area contributed by atoms with E-state index in [0.29, 0.717) is 12.6 Å². The summed E-state index contributed by atoms with van der Waals surface area (Å²) in [6.07, 6.45) is 2.08. The van der Waals surface area contributed by atoms with Gasteiger partial charge in [0.25, 0.3) is 5.91 Å². The molecule has 1 aliphatic carbocycles. The zero-order valence-electron chi connectivity index (χ0n) is 15.2. The summed E-state index contributed by atoms with van der Waals surface area (Å²) in [4.78, 5) is 29.0. The van der Waals surface area contributed by atoms with E-state index in [1.807, 2.05) is 30.3 Å². The van der Waals surface area contributed by atoms with Crippen molar-refractivity contribution in [2.24, 2.45) is 0 Å². The zero-order chi connectivity index (χ0) is 19.0. The van der Waals surface area contributed by atoms with E-state index in [1.54, 1.807) is 19.1 Å². The number of halogens is 1. The van der Waals surface area contributed by atoms with E-state index in [9.17, 15) is 14.0 Å². The van der Waals surface area contributed by atoms with Crippen LogP contribution in [0.1, 0.15) is 30.9 Å². The van der Waals surface area contributed by atoms with Crippen molar-refractivity contribution in [3.63, 3.8) is 0 Å². The number of benzene rings is 2. The fourth-order valence-electron chi connectivity index (χ4n) is 3.53. The van der Waals surface area contributed by atoms with Crippen LogP contribution < -0.4 is 5.32 Å². The second kappa shape index (κ2) is 6.78. The molecule has 0 bridgehead atoms. The van der Waals surface area contributed by atoms with Crippen molar-refractivity contribution >= 4 is 11.9 Å². The van der Waals surface area contributed by atoms with Crippen LogP contribution >= 0.6 is 0 Å². The van der Waals surface area contributed by atoms with Crippen molar-refractivity contribution in [2.45, 2.75) is 37.9 Å². The van der Waals surface area contributed by atoms with Crippen LogP contribution in [-0.4, -0.2) is 34.4 Å². The molecule has 2 aliphatic rings. The van der Waals surface area contributed by atoms with Gasteiger partial charge in [-0.1, -0.05) is 42.5 Å². The molecule has 0 spiro atoms. The minimum Gasteiger partial charge on any atom is -0.319 e. The highest BCUT2D eigenvalue weighted by molar-refractivity contribution is 6.07. The summed E-state index contributed by atoms with van der Waals surface area (Å²) in [7, 11) is 0. The number of hydrogen-bond donors (Lipinski definition) is 1. The Morgan fingerprint density at radius 3 is 2.41 bits per heavy atom. The molecule has 0 aromatic heterocycles. The van der Waals surface area contributed by atoms with Crippen molar-refractivity contribution in [1.29, 1.82) is 0 Å². The van der Waals surface area contributed by atoms with Crippen molar-refractivity contribution < 1.29 is 14.0 Å². The number of carbonyl (C=O) groups excluding carboxylic acids is 2. The first-order chi connectivity index (χ1) is 13.0. The number of nitrogens with one attached hydrogen (secondary N) is 1. The lowest BCUT2D eigenvalue weighted by molar-refractivity contribution is -0.132. The van der Waals surface area contributed by atoms with Gasteiger partial charge in [0.05, 0.1) is 6.67 Å². The molecule has 4 rings (SSSR count). The van der Waals surface area contributed by atoms with Crippen LogP contribution in [-0.2, 0) is 16.9 Å². The van der Waals surface area contributed by atoms with Crippen LogP contribution in [0.2, 0.25) is 0 Å². The maximum Gasteiger partial charge on any atom is 0.326 e. The number of urea groups is 1. The molecule has 5 nitrogen and oxygen atoms in total. The van der Waals surface area contributed by atoms with Gasteiger partial charge in [-0.15, -0.1) is 0 Å². The summed E-state index contributed by atoms with van der Waals surface area (Å²) >= 11 is 0. The fraction of sp³-hybridized carbons (Fsp3) is 0.333. The molecule has 2 aromatic rings. The van der Waals surface area contributed by atoms with E-state index in [-0.39, 0.29) is 24.4 Å². The van der Waals surface area contributed by atoms with Crippen LogP contribution in [0.4, 0.5) is 9.18 Å². The van der Waals surface area contributed by atoms with Crippen molar-refractivity contribution in [3.05, 3.63) is 71.5 Å². The van der Waals surface area contributed by atoms with Gasteiger partial charge in [-0.2, -0.15) is 0 Å². The van der Waals surface area contributed by atoms with Gasteiger partial charge in [0.15, 0.2) is 0 Å². The average molecular weight is 367 g/mol. The average Bonchev–Trinajstić information content (AvgIpc) is 3.48. The molecule has 0 unspecified atom stereocenters. The van der Waals surface area contributed by atoms with Crippen molar-refractivity contribution in [3.8, 4) is 0 Å². The van der Waals surface area contributed by atoms with Gasteiger partial charge in [0.1, 0.15) is 11.4 Å². The van der Waals surface area contributed by atoms with E-state index in [2.05, 4.69) is 10.2 Å². The molecule has 2 fully saturated rings. The molecule has 6 heteroatoms. The molecule has 1 saturated heterocycles. The minimum absolute atomic E-state index is 0.231. The summed E-state index contributed by atoms with van der Waals surface area (Å²) in [5.41, 5.74) is 0.673. The molecule has 1 saturated carbocycles. The standard InChI is InChI=1S/C21H22FN3O2/c1-21(16-5-3-2-4-6-16)19(26)25(20(27)23-21)14-24(18-11-12-18)13-15-7-9-17(22)10-8-15/h2-10,18H,11-14H2,1H3,(H,23,27)/t21-/m0/s1. The van der Waals surface area contributed by atoms with E-state index >= 15 is 0 Å². The topological polar surface area (TPSA) is 52.7 Å². The Morgan fingerprint density at radius 1 is 1.11 bits per heavy atom. The van der Waals surface area contributed by atoms with E-state index in [0.717, 1.165) is 24.0 Å². The van der Waals surface area contributed by atoms with Crippen LogP contribution in [0, 0.1) is 5.82 Å². The zero-order valence-corrected chi connectivity index (χ0v) is 15.2. The molecule has 27 heavy (non-hydrogen) atoms. The monoisotopic (exact) mass is 367 g/mol. The van der Waals surface area contributed by atoms with Gasteiger partial charge in [-0.3, -0.25) is 9.69 Å². The number of hydrogen-bond acceptors (Lipinski definition) is 3. The molecule has 140 valence electrons. The van der Waals surface area contributed by atoms with Gasteiger partial charge in [-0.05, 0) is 43.0 Å². The number of imide groups is 1. The third-order valence-corrected chi connectivity index (χ3v) is 5.31. The summed E-state index contributed by atoms with van der Waals surface area (Å²) < 4.78 is 13.2. The van der Waals surface area contributed by atoms with Gasteiger partial charge in [0, 0.05) is 12.6 Å². The number of amides is 3. The molecule has 0 radical (unpaired) electrons. The third-order valence-electron chi connectivity index (χ3n) is 5.31. The van der Waals surface area contributed by atoms with Crippen molar-refractivity contribution in [2.75, 3.05) is 6.67 Å². The van der Waals surface area contributed by atoms with Gasteiger partial charge in [-0.25, -0.2) is 14.1 Å². The molecule has 2 aromatic carbocycles. The molecular formula is C21H22FN3O2. The quantitative estimate of drug-likeness (QED) is 0.798. The predicted molar refractivity (Wildman–Crippen MR) is 99.0 cm³/mol. The lowest BCUT2D eigenvalue weighted by Gasteiger charge is -2.27. The minimum atomic E-state index is -1.05. The number of carbonyl (C=O) groups is 2. The largest absolute Gasteiger partial charge is 0.326 e. The van der Waals surface area contributed by atoms with E-state index in [1.165, 1.54) is 17.0 Å². The van der Waals surface area contributed by atoms with E-state index < -0.39 is 5.54 Å². The maximum absolute atomic E-state index is 13.2. The number of nitrogens with zero attached hydrogens (tertiary/aromatic N) is 2. The number of rotatable bonds is 6. The lowest BCUT2D eigenvalue weighted by Crippen LogP contribution is -2.44. The molecular weight excluding hydrogens is 345 g/mol. The van der Waals surface area contributed by atoms with Crippen LogP contribution in [0.25, 0.3) is 0 Å². The van der Waals surface area contributed by atoms with Crippen LogP contribution in [0.5, 0.6) is 0 Å². The highest BCUT2D eigenvalue weighted by Gasteiger charge is 2.49.